The maximum Gasteiger partial charge on any atom is 0.243 e. The molecule has 1 saturated heterocycles. The number of sulfonamides is 2. The van der Waals surface area contributed by atoms with Crippen LogP contribution < -0.4 is 4.72 Å². The molecular weight excluding hydrogens is 576 g/mol. The highest BCUT2D eigenvalue weighted by Crippen LogP contribution is 2.25. The summed E-state index contributed by atoms with van der Waals surface area (Å²) < 4.78 is 53.4. The Morgan fingerprint density at radius 3 is 2.12 bits per heavy atom. The Balaban J connectivity index is 1.68. The number of benzene rings is 2. The zero-order valence-corrected chi connectivity index (χ0v) is 26.7. The number of carbonyl (C=O) groups is 2. The number of likely N-dealkylation sites (N-methyl/N-ethyl adjacent to an activating group) is 1. The van der Waals surface area contributed by atoms with Crippen molar-refractivity contribution in [1.82, 2.24) is 18.8 Å². The van der Waals surface area contributed by atoms with Crippen molar-refractivity contribution < 1.29 is 26.4 Å². The van der Waals surface area contributed by atoms with Crippen molar-refractivity contribution in [2.75, 3.05) is 40.3 Å². The van der Waals surface area contributed by atoms with E-state index < -0.39 is 20.0 Å². The van der Waals surface area contributed by atoms with E-state index in [2.05, 4.69) is 32.1 Å². The molecule has 0 aromatic heterocycles. The van der Waals surface area contributed by atoms with Crippen molar-refractivity contribution in [3.05, 3.63) is 77.2 Å². The molecule has 1 N–H and O–H groups in total. The Kier molecular flexibility index (Phi) is 10.7. The highest BCUT2D eigenvalue weighted by atomic mass is 32.2. The molecule has 2 aromatic carbocycles. The lowest BCUT2D eigenvalue weighted by Gasteiger charge is -2.25. The molecule has 3 rings (SSSR count). The van der Waals surface area contributed by atoms with Crippen molar-refractivity contribution in [2.45, 2.75) is 50.5 Å². The fourth-order valence-electron chi connectivity index (χ4n) is 4.56. The average Bonchev–Trinajstić information content (AvgIpc) is 3.42. The Morgan fingerprint density at radius 1 is 0.976 bits per heavy atom. The second kappa shape index (κ2) is 13.5. The van der Waals surface area contributed by atoms with E-state index in [1.54, 1.807) is 26.2 Å². The molecule has 2 aromatic rings. The first-order valence-corrected chi connectivity index (χ1v) is 16.8. The maximum absolute atomic E-state index is 13.4. The van der Waals surface area contributed by atoms with E-state index in [4.69, 9.17) is 0 Å². The van der Waals surface area contributed by atoms with E-state index in [9.17, 15) is 26.4 Å². The van der Waals surface area contributed by atoms with Gasteiger partial charge in [0.1, 0.15) is 6.54 Å². The molecule has 10 nitrogen and oxygen atoms in total. The Morgan fingerprint density at radius 2 is 1.57 bits per heavy atom. The number of hydrogen-bond donors (Lipinski definition) is 1. The topological polar surface area (TPSA) is 124 Å². The van der Waals surface area contributed by atoms with Gasteiger partial charge in [-0.15, -0.1) is 0 Å². The molecule has 0 spiro atoms. The van der Waals surface area contributed by atoms with Crippen molar-refractivity contribution in [2.24, 2.45) is 5.92 Å². The number of nitrogens with zero attached hydrogens (tertiary/aromatic N) is 3. The molecule has 42 heavy (non-hydrogen) atoms. The van der Waals surface area contributed by atoms with Crippen molar-refractivity contribution in [1.29, 1.82) is 0 Å². The molecule has 1 heterocycles. The zero-order valence-electron chi connectivity index (χ0n) is 25.0. The smallest absolute Gasteiger partial charge is 0.243 e. The van der Waals surface area contributed by atoms with Crippen LogP contribution >= 0.6 is 0 Å². The number of amides is 2. The minimum Gasteiger partial charge on any atom is -0.347 e. The quantitative estimate of drug-likeness (QED) is 0.390. The number of hydrogen-bond acceptors (Lipinski definition) is 6. The van der Waals surface area contributed by atoms with Crippen LogP contribution in [0.4, 0.5) is 0 Å². The van der Waals surface area contributed by atoms with Gasteiger partial charge in [-0.05, 0) is 46.6 Å². The summed E-state index contributed by atoms with van der Waals surface area (Å²) in [6.45, 7) is 10.5. The van der Waals surface area contributed by atoms with Gasteiger partial charge < -0.3 is 9.80 Å². The van der Waals surface area contributed by atoms with Gasteiger partial charge in [-0.25, -0.2) is 21.6 Å². The van der Waals surface area contributed by atoms with Crippen molar-refractivity contribution in [3.8, 4) is 0 Å². The fourth-order valence-corrected chi connectivity index (χ4v) is 6.67. The molecular formula is C30H42N4O6S2. The molecule has 1 atom stereocenters. The van der Waals surface area contributed by atoms with Gasteiger partial charge in [0.2, 0.25) is 31.9 Å². The molecule has 2 amide bonds. The summed E-state index contributed by atoms with van der Waals surface area (Å²) in [7, 11) is -4.07. The zero-order chi connectivity index (χ0) is 31.3. The van der Waals surface area contributed by atoms with Gasteiger partial charge >= 0.3 is 0 Å². The SMILES string of the molecule is C=CS(=O)(=O)NCC1CCN(S(=O)(=O)c2ccc(CC(=O)N(CC(=O)N(C)C)Cc3ccc(C(C)(C)C)cc3)cc2)C1. The van der Waals surface area contributed by atoms with E-state index in [1.807, 2.05) is 24.3 Å². The normalized spacial score (nSPS) is 16.3. The first-order chi connectivity index (χ1) is 19.5. The molecule has 1 aliphatic rings. The highest BCUT2D eigenvalue weighted by molar-refractivity contribution is 7.92. The standard InChI is InChI=1S/C30H42N4O6S2/c1-7-41(37,38)31-19-25-16-17-34(21-25)42(39,40)27-14-10-23(11-15-27)18-28(35)33(22-29(36)32(5)6)20-24-8-12-26(13-9-24)30(2,3)4/h7-15,25,31H,1,16-22H2,2-6H3. The maximum atomic E-state index is 13.4. The molecule has 0 saturated carbocycles. The molecule has 1 fully saturated rings. The second-order valence-electron chi connectivity index (χ2n) is 11.9. The lowest BCUT2D eigenvalue weighted by atomic mass is 9.87. The van der Waals surface area contributed by atoms with Gasteiger partial charge in [0.15, 0.2) is 0 Å². The van der Waals surface area contributed by atoms with E-state index in [0.717, 1.165) is 11.0 Å². The van der Waals surface area contributed by atoms with Crippen molar-refractivity contribution in [3.63, 3.8) is 0 Å². The van der Waals surface area contributed by atoms with Crippen LogP contribution in [0.25, 0.3) is 0 Å². The van der Waals surface area contributed by atoms with Crippen LogP contribution in [0.1, 0.15) is 43.9 Å². The fraction of sp³-hybridized carbons (Fsp3) is 0.467. The van der Waals surface area contributed by atoms with Crippen LogP contribution in [-0.4, -0.2) is 83.0 Å². The Bertz CT molecular complexity index is 1480. The van der Waals surface area contributed by atoms with E-state index >= 15 is 0 Å². The van der Waals surface area contributed by atoms with E-state index in [0.29, 0.717) is 12.0 Å². The van der Waals surface area contributed by atoms with Crippen LogP contribution in [0.2, 0.25) is 0 Å². The summed E-state index contributed by atoms with van der Waals surface area (Å²) in [6.07, 6.45) is 0.544. The van der Waals surface area contributed by atoms with Crippen LogP contribution in [0.15, 0.2) is 65.4 Å². The van der Waals surface area contributed by atoms with Gasteiger partial charge in [-0.3, -0.25) is 9.59 Å². The first kappa shape index (κ1) is 33.4. The van der Waals surface area contributed by atoms with E-state index in [-0.39, 0.29) is 67.2 Å². The number of nitrogens with one attached hydrogen (secondary N) is 1. The van der Waals surface area contributed by atoms with Crippen LogP contribution in [-0.2, 0) is 48.0 Å². The van der Waals surface area contributed by atoms with Gasteiger partial charge in [-0.1, -0.05) is 63.7 Å². The Labute approximate surface area is 250 Å². The predicted octanol–water partition coefficient (Wildman–Crippen LogP) is 2.72. The van der Waals surface area contributed by atoms with Crippen LogP contribution in [0.5, 0.6) is 0 Å². The van der Waals surface area contributed by atoms with Gasteiger partial charge in [0, 0.05) is 45.7 Å². The highest BCUT2D eigenvalue weighted by Gasteiger charge is 2.33. The number of rotatable bonds is 12. The molecule has 0 radical (unpaired) electrons. The third kappa shape index (κ3) is 8.97. The van der Waals surface area contributed by atoms with Gasteiger partial charge in [-0.2, -0.15) is 4.31 Å². The summed E-state index contributed by atoms with van der Waals surface area (Å²) in [5, 5.41) is 0.826. The third-order valence-corrected chi connectivity index (χ3v) is 10.2. The summed E-state index contributed by atoms with van der Waals surface area (Å²) >= 11 is 0. The van der Waals surface area contributed by atoms with E-state index in [1.165, 1.54) is 31.8 Å². The summed E-state index contributed by atoms with van der Waals surface area (Å²) in [4.78, 5) is 28.9. The minimum absolute atomic E-state index is 0.00312. The Hall–Kier alpha value is -3.06. The molecule has 230 valence electrons. The summed E-state index contributed by atoms with van der Waals surface area (Å²) in [5.41, 5.74) is 2.70. The van der Waals surface area contributed by atoms with Gasteiger partial charge in [0.25, 0.3) is 0 Å². The van der Waals surface area contributed by atoms with Crippen LogP contribution in [0.3, 0.4) is 0 Å². The molecule has 0 bridgehead atoms. The molecule has 1 aliphatic heterocycles. The lowest BCUT2D eigenvalue weighted by molar-refractivity contribution is -0.139. The van der Waals surface area contributed by atoms with Crippen molar-refractivity contribution >= 4 is 31.9 Å². The summed E-state index contributed by atoms with van der Waals surface area (Å²) in [6, 6.07) is 14.2. The molecule has 1 unspecified atom stereocenters. The lowest BCUT2D eigenvalue weighted by Crippen LogP contribution is -2.40. The largest absolute Gasteiger partial charge is 0.347 e. The van der Waals surface area contributed by atoms with Crippen LogP contribution in [0, 0.1) is 5.92 Å². The van der Waals surface area contributed by atoms with Gasteiger partial charge in [0.05, 0.1) is 11.3 Å². The number of carbonyl (C=O) groups excluding carboxylic acids is 2. The first-order valence-electron chi connectivity index (χ1n) is 13.8. The molecule has 0 aliphatic carbocycles. The monoisotopic (exact) mass is 618 g/mol. The summed E-state index contributed by atoms with van der Waals surface area (Å²) in [5.74, 6) is -0.589. The molecule has 12 heteroatoms. The second-order valence-corrected chi connectivity index (χ2v) is 15.5. The predicted molar refractivity (Wildman–Crippen MR) is 163 cm³/mol. The minimum atomic E-state index is -3.78. The third-order valence-electron chi connectivity index (χ3n) is 7.33. The average molecular weight is 619 g/mol.